The summed E-state index contributed by atoms with van der Waals surface area (Å²) in [5.74, 6) is -2.95. The van der Waals surface area contributed by atoms with Crippen LogP contribution in [0.3, 0.4) is 0 Å². The summed E-state index contributed by atoms with van der Waals surface area (Å²) in [6, 6.07) is 2.83. The van der Waals surface area contributed by atoms with Crippen molar-refractivity contribution in [2.24, 2.45) is 0 Å². The second-order valence-corrected chi connectivity index (χ2v) is 3.76. The van der Waals surface area contributed by atoms with Gasteiger partial charge in [-0.3, -0.25) is 0 Å². The number of hydrogen-bond acceptors (Lipinski definition) is 3. The summed E-state index contributed by atoms with van der Waals surface area (Å²) in [6.45, 7) is 1.74. The normalized spacial score (nSPS) is 10.4. The van der Waals surface area contributed by atoms with Gasteiger partial charge in [0.1, 0.15) is 11.5 Å². The second kappa shape index (κ2) is 4.56. The molecule has 1 aromatic carbocycles. The zero-order valence-electron chi connectivity index (χ0n) is 9.47. The van der Waals surface area contributed by atoms with Crippen molar-refractivity contribution in [3.63, 3.8) is 0 Å². The highest BCUT2D eigenvalue weighted by molar-refractivity contribution is 5.71. The molecule has 2 aromatic rings. The highest BCUT2D eigenvalue weighted by Gasteiger charge is 2.13. The minimum atomic E-state index is -1.05. The van der Waals surface area contributed by atoms with E-state index in [9.17, 15) is 13.2 Å². The lowest BCUT2D eigenvalue weighted by Gasteiger charge is -2.11. The molecule has 3 N–H and O–H groups in total. The fraction of sp³-hybridized carbons (Fsp3) is 0.0833. The summed E-state index contributed by atoms with van der Waals surface area (Å²) in [5.41, 5.74) is 6.23. The van der Waals surface area contributed by atoms with E-state index in [0.29, 0.717) is 12.1 Å². The van der Waals surface area contributed by atoms with Crippen LogP contribution in [0.25, 0.3) is 0 Å². The highest BCUT2D eigenvalue weighted by atomic mass is 19.1. The van der Waals surface area contributed by atoms with Gasteiger partial charge in [0.25, 0.3) is 0 Å². The Kier molecular flexibility index (Phi) is 3.10. The van der Waals surface area contributed by atoms with Crippen LogP contribution in [0, 0.1) is 24.4 Å². The van der Waals surface area contributed by atoms with Crippen LogP contribution in [0.1, 0.15) is 5.56 Å². The lowest BCUT2D eigenvalue weighted by molar-refractivity contribution is 0.549. The lowest BCUT2D eigenvalue weighted by Crippen LogP contribution is -2.04. The Morgan fingerprint density at radius 1 is 1.17 bits per heavy atom. The number of rotatable bonds is 2. The Morgan fingerprint density at radius 3 is 2.39 bits per heavy atom. The Hall–Kier alpha value is -2.24. The molecule has 0 bridgehead atoms. The molecule has 0 radical (unpaired) electrons. The van der Waals surface area contributed by atoms with Gasteiger partial charge in [0.2, 0.25) is 0 Å². The summed E-state index contributed by atoms with van der Waals surface area (Å²) >= 11 is 0. The molecule has 0 saturated heterocycles. The van der Waals surface area contributed by atoms with Crippen molar-refractivity contribution >= 4 is 17.2 Å². The van der Waals surface area contributed by atoms with E-state index in [1.165, 1.54) is 6.20 Å². The van der Waals surface area contributed by atoms with Crippen molar-refractivity contribution in [3.05, 3.63) is 47.4 Å². The molecule has 2 rings (SSSR count). The number of aryl methyl sites for hydroxylation is 1. The molecule has 1 heterocycles. The molecule has 0 aliphatic rings. The number of nitrogen functional groups attached to an aromatic ring is 1. The first-order valence-corrected chi connectivity index (χ1v) is 5.11. The summed E-state index contributed by atoms with van der Waals surface area (Å²) in [6.07, 6.45) is 1.45. The van der Waals surface area contributed by atoms with Crippen LogP contribution in [0.15, 0.2) is 24.4 Å². The van der Waals surface area contributed by atoms with Crippen molar-refractivity contribution in [2.75, 3.05) is 11.1 Å². The predicted molar refractivity (Wildman–Crippen MR) is 63.0 cm³/mol. The molecule has 0 unspecified atom stereocenters. The summed E-state index contributed by atoms with van der Waals surface area (Å²) in [7, 11) is 0. The molecular weight excluding hydrogens is 243 g/mol. The summed E-state index contributed by atoms with van der Waals surface area (Å²) in [5, 5.41) is 2.42. The van der Waals surface area contributed by atoms with Gasteiger partial charge in [-0.1, -0.05) is 0 Å². The Labute approximate surface area is 101 Å². The quantitative estimate of drug-likeness (QED) is 0.864. The van der Waals surface area contributed by atoms with Crippen molar-refractivity contribution in [1.82, 2.24) is 4.98 Å². The fourth-order valence-electron chi connectivity index (χ4n) is 1.45. The zero-order chi connectivity index (χ0) is 13.3. The molecule has 18 heavy (non-hydrogen) atoms. The Bertz CT molecular complexity index is 576. The van der Waals surface area contributed by atoms with Gasteiger partial charge in [-0.15, -0.1) is 0 Å². The molecule has 3 nitrogen and oxygen atoms in total. The van der Waals surface area contributed by atoms with E-state index in [1.807, 2.05) is 0 Å². The van der Waals surface area contributed by atoms with Crippen molar-refractivity contribution in [2.45, 2.75) is 6.92 Å². The predicted octanol–water partition coefficient (Wildman–Crippen LogP) is 3.13. The van der Waals surface area contributed by atoms with Crippen LogP contribution >= 0.6 is 0 Å². The highest BCUT2D eigenvalue weighted by Crippen LogP contribution is 2.27. The van der Waals surface area contributed by atoms with Gasteiger partial charge in [0.05, 0.1) is 5.69 Å². The second-order valence-electron chi connectivity index (χ2n) is 3.76. The SMILES string of the molecule is Cc1ccnc(Nc2c(F)cc(F)cc2F)c1N. The molecule has 0 atom stereocenters. The standard InChI is InChI=1S/C12H10F3N3/c1-6-2-3-17-12(10(6)16)18-11-8(14)4-7(13)5-9(11)15/h2-5H,16H2,1H3,(H,17,18). The molecule has 0 aliphatic heterocycles. The Morgan fingerprint density at radius 2 is 1.78 bits per heavy atom. The van der Waals surface area contributed by atoms with Gasteiger partial charge in [0, 0.05) is 18.3 Å². The molecule has 0 spiro atoms. The third-order valence-corrected chi connectivity index (χ3v) is 2.46. The zero-order valence-corrected chi connectivity index (χ0v) is 9.47. The van der Waals surface area contributed by atoms with Crippen LogP contribution in [-0.4, -0.2) is 4.98 Å². The smallest absolute Gasteiger partial charge is 0.154 e. The fourth-order valence-corrected chi connectivity index (χ4v) is 1.45. The van der Waals surface area contributed by atoms with Crippen LogP contribution < -0.4 is 11.1 Å². The van der Waals surface area contributed by atoms with Gasteiger partial charge < -0.3 is 11.1 Å². The maximum atomic E-state index is 13.4. The number of nitrogens with zero attached hydrogens (tertiary/aromatic N) is 1. The van der Waals surface area contributed by atoms with Gasteiger partial charge in [0.15, 0.2) is 17.5 Å². The van der Waals surface area contributed by atoms with E-state index in [-0.39, 0.29) is 11.5 Å². The van der Waals surface area contributed by atoms with Crippen molar-refractivity contribution in [3.8, 4) is 0 Å². The first-order chi connectivity index (χ1) is 8.49. The topological polar surface area (TPSA) is 50.9 Å². The third-order valence-electron chi connectivity index (χ3n) is 2.46. The average molecular weight is 253 g/mol. The monoisotopic (exact) mass is 253 g/mol. The Balaban J connectivity index is 2.43. The summed E-state index contributed by atoms with van der Waals surface area (Å²) in [4.78, 5) is 3.88. The number of nitrogens with two attached hydrogens (primary N) is 1. The number of benzene rings is 1. The van der Waals surface area contributed by atoms with Crippen LogP contribution in [-0.2, 0) is 0 Å². The van der Waals surface area contributed by atoms with E-state index in [1.54, 1.807) is 13.0 Å². The molecule has 0 saturated carbocycles. The van der Waals surface area contributed by atoms with Crippen LogP contribution in [0.5, 0.6) is 0 Å². The third kappa shape index (κ3) is 2.22. The van der Waals surface area contributed by atoms with E-state index in [4.69, 9.17) is 5.73 Å². The number of aromatic nitrogens is 1. The minimum absolute atomic E-state index is 0.124. The average Bonchev–Trinajstić information content (AvgIpc) is 2.28. The van der Waals surface area contributed by atoms with Gasteiger partial charge in [-0.25, -0.2) is 18.2 Å². The summed E-state index contributed by atoms with van der Waals surface area (Å²) < 4.78 is 39.6. The number of hydrogen-bond donors (Lipinski definition) is 2. The van der Waals surface area contributed by atoms with E-state index >= 15 is 0 Å². The maximum Gasteiger partial charge on any atom is 0.154 e. The minimum Gasteiger partial charge on any atom is -0.396 e. The van der Waals surface area contributed by atoms with Crippen LogP contribution in [0.2, 0.25) is 0 Å². The molecule has 0 aliphatic carbocycles. The van der Waals surface area contributed by atoms with Crippen molar-refractivity contribution < 1.29 is 13.2 Å². The molecular formula is C12H10F3N3. The molecule has 6 heteroatoms. The first kappa shape index (κ1) is 12.2. The molecule has 94 valence electrons. The van der Waals surface area contributed by atoms with Crippen LogP contribution in [0.4, 0.5) is 30.4 Å². The van der Waals surface area contributed by atoms with E-state index in [2.05, 4.69) is 10.3 Å². The number of nitrogens with one attached hydrogen (secondary N) is 1. The maximum absolute atomic E-state index is 13.4. The lowest BCUT2D eigenvalue weighted by atomic mass is 10.2. The van der Waals surface area contributed by atoms with E-state index < -0.39 is 23.1 Å². The molecule has 1 aromatic heterocycles. The van der Waals surface area contributed by atoms with Gasteiger partial charge in [-0.05, 0) is 18.6 Å². The van der Waals surface area contributed by atoms with Gasteiger partial charge in [-0.2, -0.15) is 0 Å². The van der Waals surface area contributed by atoms with E-state index in [0.717, 1.165) is 5.56 Å². The molecule has 0 amide bonds. The first-order valence-electron chi connectivity index (χ1n) is 5.11. The molecule has 0 fully saturated rings. The largest absolute Gasteiger partial charge is 0.396 e. The number of halogens is 3. The number of pyridine rings is 1. The number of anilines is 3. The van der Waals surface area contributed by atoms with Crippen molar-refractivity contribution in [1.29, 1.82) is 0 Å². The van der Waals surface area contributed by atoms with Gasteiger partial charge >= 0.3 is 0 Å².